The minimum Gasteiger partial charge on any atom is -0.455 e. The Bertz CT molecular complexity index is 675. The zero-order valence-electron chi connectivity index (χ0n) is 12.3. The lowest BCUT2D eigenvalue weighted by atomic mass is 9.96. The van der Waals surface area contributed by atoms with Crippen molar-refractivity contribution in [1.29, 1.82) is 0 Å². The first-order chi connectivity index (χ1) is 9.66. The highest BCUT2D eigenvalue weighted by Crippen LogP contribution is 2.28. The first kappa shape index (κ1) is 18.5. The van der Waals surface area contributed by atoms with Crippen LogP contribution in [0.15, 0.2) is 15.4 Å². The molecule has 0 aliphatic carbocycles. The number of carbonyl (C=O) groups is 1. The molecule has 1 atom stereocenters. The van der Waals surface area contributed by atoms with Crippen LogP contribution in [0, 0.1) is 6.92 Å². The third kappa shape index (κ3) is 4.01. The Morgan fingerprint density at radius 3 is 2.23 bits per heavy atom. The molecule has 0 saturated carbocycles. The average Bonchev–Trinajstić information content (AvgIpc) is 2.68. The van der Waals surface area contributed by atoms with Crippen LogP contribution in [0.5, 0.6) is 0 Å². The molecule has 0 radical (unpaired) electrons. The van der Waals surface area contributed by atoms with Crippen LogP contribution in [0.1, 0.15) is 30.2 Å². The van der Waals surface area contributed by atoms with Crippen LogP contribution >= 0.6 is 0 Å². The number of aliphatic hydroxyl groups excluding tert-OH is 1. The number of hydrogen-bond acceptors (Lipinski definition) is 5. The topological polar surface area (TPSA) is 96.6 Å². The van der Waals surface area contributed by atoms with E-state index in [-0.39, 0.29) is 10.7 Å². The molecule has 10 heteroatoms. The van der Waals surface area contributed by atoms with Crippen LogP contribution in [-0.4, -0.2) is 43.5 Å². The zero-order chi connectivity index (χ0) is 17.5. The lowest BCUT2D eigenvalue weighted by molar-refractivity contribution is -0.222. The molecule has 0 aromatic carbocycles. The van der Waals surface area contributed by atoms with Crippen LogP contribution < -0.4 is 5.32 Å². The van der Waals surface area contributed by atoms with Crippen LogP contribution in [0.3, 0.4) is 0 Å². The van der Waals surface area contributed by atoms with Crippen LogP contribution in [-0.2, 0) is 9.84 Å². The molecule has 0 aliphatic heterocycles. The summed E-state index contributed by atoms with van der Waals surface area (Å²) in [4.78, 5) is 11.7. The van der Waals surface area contributed by atoms with Crippen molar-refractivity contribution in [2.45, 2.75) is 43.5 Å². The number of nitrogens with one attached hydrogen (secondary N) is 1. The summed E-state index contributed by atoms with van der Waals surface area (Å²) < 4.78 is 65.4. The number of aliphatic hydroxyl groups is 1. The molecule has 0 spiro atoms. The standard InChI is InChI=1S/C12H16F3NO5S/c1-6-8(22(4,19)20)5-7(21-6)9(17)16-11(2,3)10(18)12(13,14)15/h5,10,18H,1-4H3,(H,16,17). The fraction of sp³-hybridized carbons (Fsp3) is 0.583. The second kappa shape index (κ2) is 5.58. The van der Waals surface area contributed by atoms with Crippen LogP contribution in [0.4, 0.5) is 13.2 Å². The number of alkyl halides is 3. The van der Waals surface area contributed by atoms with E-state index in [0.29, 0.717) is 0 Å². The lowest BCUT2D eigenvalue weighted by Crippen LogP contribution is -2.57. The molecule has 0 bridgehead atoms. The van der Waals surface area contributed by atoms with Gasteiger partial charge in [0.15, 0.2) is 21.7 Å². The maximum atomic E-state index is 12.5. The third-order valence-electron chi connectivity index (χ3n) is 2.92. The van der Waals surface area contributed by atoms with Crippen molar-refractivity contribution in [3.63, 3.8) is 0 Å². The van der Waals surface area contributed by atoms with Gasteiger partial charge in [-0.3, -0.25) is 4.79 Å². The van der Waals surface area contributed by atoms with E-state index in [2.05, 4.69) is 0 Å². The quantitative estimate of drug-likeness (QED) is 0.862. The van der Waals surface area contributed by atoms with Gasteiger partial charge in [-0.1, -0.05) is 0 Å². The van der Waals surface area contributed by atoms with Crippen molar-refractivity contribution in [3.8, 4) is 0 Å². The summed E-state index contributed by atoms with van der Waals surface area (Å²) in [7, 11) is -3.63. The summed E-state index contributed by atoms with van der Waals surface area (Å²) in [5, 5.41) is 11.2. The van der Waals surface area contributed by atoms with Gasteiger partial charge in [-0.25, -0.2) is 8.42 Å². The van der Waals surface area contributed by atoms with Crippen molar-refractivity contribution in [2.75, 3.05) is 6.26 Å². The number of amides is 1. The van der Waals surface area contributed by atoms with Crippen molar-refractivity contribution < 1.29 is 35.9 Å². The van der Waals surface area contributed by atoms with E-state index >= 15 is 0 Å². The Kier molecular flexibility index (Phi) is 4.69. The average molecular weight is 343 g/mol. The number of rotatable bonds is 4. The van der Waals surface area contributed by atoms with Crippen molar-refractivity contribution >= 4 is 15.7 Å². The molecule has 1 aromatic rings. The molecular formula is C12H16F3NO5S. The summed E-state index contributed by atoms with van der Waals surface area (Å²) in [5.74, 6) is -1.58. The smallest absolute Gasteiger partial charge is 0.416 e. The van der Waals surface area contributed by atoms with Crippen LogP contribution in [0.2, 0.25) is 0 Å². The number of sulfone groups is 1. The molecule has 6 nitrogen and oxygen atoms in total. The predicted octanol–water partition coefficient (Wildman–Crippen LogP) is 1.42. The fourth-order valence-corrected chi connectivity index (χ4v) is 2.66. The molecule has 1 unspecified atom stereocenters. The fourth-order valence-electron chi connectivity index (χ4n) is 1.78. The highest BCUT2D eigenvalue weighted by Gasteiger charge is 2.49. The van der Waals surface area contributed by atoms with Gasteiger partial charge in [-0.05, 0) is 20.8 Å². The van der Waals surface area contributed by atoms with E-state index in [9.17, 15) is 31.5 Å². The maximum Gasteiger partial charge on any atom is 0.416 e. The van der Waals surface area contributed by atoms with Crippen molar-refractivity contribution in [1.82, 2.24) is 5.32 Å². The Morgan fingerprint density at radius 1 is 1.36 bits per heavy atom. The predicted molar refractivity (Wildman–Crippen MR) is 70.2 cm³/mol. The minimum atomic E-state index is -4.92. The Labute approximate surface area is 125 Å². The lowest BCUT2D eigenvalue weighted by Gasteiger charge is -2.32. The molecule has 0 fully saturated rings. The summed E-state index contributed by atoms with van der Waals surface area (Å²) in [6.45, 7) is 3.27. The van der Waals surface area contributed by atoms with Gasteiger partial charge in [0.2, 0.25) is 0 Å². The normalized spacial score (nSPS) is 14.7. The first-order valence-corrected chi connectivity index (χ1v) is 7.93. The molecule has 0 aliphatic rings. The second-order valence-corrected chi connectivity index (χ2v) is 7.41. The van der Waals surface area contributed by atoms with Crippen molar-refractivity contribution in [3.05, 3.63) is 17.6 Å². The van der Waals surface area contributed by atoms with Gasteiger partial charge in [-0.2, -0.15) is 13.2 Å². The van der Waals surface area contributed by atoms with Gasteiger partial charge in [0.25, 0.3) is 5.91 Å². The van der Waals surface area contributed by atoms with Gasteiger partial charge in [0.05, 0.1) is 5.54 Å². The van der Waals surface area contributed by atoms with Gasteiger partial charge >= 0.3 is 6.18 Å². The molecule has 126 valence electrons. The molecular weight excluding hydrogens is 327 g/mol. The van der Waals surface area contributed by atoms with Gasteiger partial charge < -0.3 is 14.8 Å². The van der Waals surface area contributed by atoms with E-state index in [1.54, 1.807) is 0 Å². The SMILES string of the molecule is Cc1oc(C(=O)NC(C)(C)C(O)C(F)(F)F)cc1S(C)(=O)=O. The molecule has 1 rings (SSSR count). The summed E-state index contributed by atoms with van der Waals surface area (Å²) >= 11 is 0. The van der Waals surface area contributed by atoms with E-state index in [4.69, 9.17) is 4.42 Å². The Hall–Kier alpha value is -1.55. The molecule has 1 amide bonds. The minimum absolute atomic E-state index is 0.0539. The van der Waals surface area contributed by atoms with Crippen molar-refractivity contribution in [2.24, 2.45) is 0 Å². The van der Waals surface area contributed by atoms with Crippen LogP contribution in [0.25, 0.3) is 0 Å². The van der Waals surface area contributed by atoms with E-state index < -0.39 is 39.3 Å². The molecule has 0 saturated heterocycles. The van der Waals surface area contributed by atoms with E-state index in [1.165, 1.54) is 6.92 Å². The Balaban J connectivity index is 3.04. The highest BCUT2D eigenvalue weighted by atomic mass is 32.2. The highest BCUT2D eigenvalue weighted by molar-refractivity contribution is 7.90. The molecule has 1 aromatic heterocycles. The molecule has 2 N–H and O–H groups in total. The number of aryl methyl sites for hydroxylation is 1. The van der Waals surface area contributed by atoms with E-state index in [0.717, 1.165) is 26.2 Å². The van der Waals surface area contributed by atoms with Gasteiger partial charge in [0, 0.05) is 12.3 Å². The Morgan fingerprint density at radius 2 is 1.86 bits per heavy atom. The zero-order valence-corrected chi connectivity index (χ0v) is 13.1. The monoisotopic (exact) mass is 343 g/mol. The van der Waals surface area contributed by atoms with Gasteiger partial charge in [-0.15, -0.1) is 0 Å². The van der Waals surface area contributed by atoms with E-state index in [1.807, 2.05) is 5.32 Å². The largest absolute Gasteiger partial charge is 0.455 e. The number of halogens is 3. The summed E-state index contributed by atoms with van der Waals surface area (Å²) in [6, 6.07) is 0.927. The maximum absolute atomic E-state index is 12.5. The van der Waals surface area contributed by atoms with Gasteiger partial charge in [0.1, 0.15) is 10.7 Å². The number of hydrogen-bond donors (Lipinski definition) is 2. The first-order valence-electron chi connectivity index (χ1n) is 6.04. The summed E-state index contributed by atoms with van der Waals surface area (Å²) in [6.07, 6.45) is -6.81. The molecule has 1 heterocycles. The second-order valence-electron chi connectivity index (χ2n) is 5.42. The number of furan rings is 1. The molecule has 22 heavy (non-hydrogen) atoms. The third-order valence-corrected chi connectivity index (χ3v) is 4.13. The summed E-state index contributed by atoms with van der Waals surface area (Å²) in [5.41, 5.74) is -2.03. The number of carbonyl (C=O) groups excluding carboxylic acids is 1.